The highest BCUT2D eigenvalue weighted by atomic mass is 16.3. The summed E-state index contributed by atoms with van der Waals surface area (Å²) in [5.74, 6) is 3.11. The molecule has 0 aromatic heterocycles. The zero-order valence-corrected chi connectivity index (χ0v) is 12.9. The van der Waals surface area contributed by atoms with Crippen molar-refractivity contribution in [1.29, 1.82) is 0 Å². The Labute approximate surface area is 122 Å². The summed E-state index contributed by atoms with van der Waals surface area (Å²) in [7, 11) is 0. The molecule has 1 unspecified atom stereocenters. The van der Waals surface area contributed by atoms with Crippen molar-refractivity contribution in [3.8, 4) is 0 Å². The summed E-state index contributed by atoms with van der Waals surface area (Å²) in [5.41, 5.74) is -0.0582. The first-order valence-electron chi connectivity index (χ1n) is 8.44. The summed E-state index contributed by atoms with van der Waals surface area (Å²) in [6, 6.07) is 0.125. The minimum Gasteiger partial charge on any atom is -0.396 e. The second kappa shape index (κ2) is 5.32. The molecule has 3 nitrogen and oxygen atoms in total. The lowest BCUT2D eigenvalue weighted by Gasteiger charge is -2.56. The van der Waals surface area contributed by atoms with E-state index in [1.165, 1.54) is 19.3 Å². The fourth-order valence-corrected chi connectivity index (χ4v) is 5.42. The second-order valence-corrected chi connectivity index (χ2v) is 8.03. The third-order valence-electron chi connectivity index (χ3n) is 6.08. The molecule has 4 rings (SSSR count). The van der Waals surface area contributed by atoms with E-state index in [2.05, 4.69) is 19.2 Å². The van der Waals surface area contributed by atoms with Crippen molar-refractivity contribution in [3.63, 3.8) is 0 Å². The maximum absolute atomic E-state index is 12.9. The molecule has 0 spiro atoms. The Morgan fingerprint density at radius 1 is 1.15 bits per heavy atom. The number of amides is 1. The van der Waals surface area contributed by atoms with Crippen molar-refractivity contribution in [2.45, 2.75) is 64.8 Å². The Morgan fingerprint density at radius 2 is 1.65 bits per heavy atom. The van der Waals surface area contributed by atoms with Gasteiger partial charge < -0.3 is 10.4 Å². The Kier molecular flexibility index (Phi) is 3.83. The molecule has 0 heterocycles. The highest BCUT2D eigenvalue weighted by Gasteiger charge is 2.54. The number of aliphatic hydroxyl groups excluding tert-OH is 1. The molecule has 20 heavy (non-hydrogen) atoms. The SMILES string of the molecule is CC(C)C(CCO)NC(=O)C12CC3CC(CC(C3)C1)C2. The zero-order chi connectivity index (χ0) is 14.3. The lowest BCUT2D eigenvalue weighted by atomic mass is 9.49. The van der Waals surface area contributed by atoms with Gasteiger partial charge in [-0.25, -0.2) is 0 Å². The Morgan fingerprint density at radius 3 is 2.05 bits per heavy atom. The lowest BCUT2D eigenvalue weighted by molar-refractivity contribution is -0.147. The predicted molar refractivity (Wildman–Crippen MR) is 79.1 cm³/mol. The van der Waals surface area contributed by atoms with Gasteiger partial charge in [-0.3, -0.25) is 4.79 Å². The van der Waals surface area contributed by atoms with Crippen LogP contribution in [0.15, 0.2) is 0 Å². The smallest absolute Gasteiger partial charge is 0.226 e. The number of nitrogens with one attached hydrogen (secondary N) is 1. The van der Waals surface area contributed by atoms with E-state index in [-0.39, 0.29) is 18.1 Å². The summed E-state index contributed by atoms with van der Waals surface area (Å²) in [4.78, 5) is 12.9. The van der Waals surface area contributed by atoms with Gasteiger partial charge >= 0.3 is 0 Å². The summed E-state index contributed by atoms with van der Waals surface area (Å²) in [5, 5.41) is 12.5. The largest absolute Gasteiger partial charge is 0.396 e. The average Bonchev–Trinajstić information content (AvgIpc) is 2.36. The van der Waals surface area contributed by atoms with Crippen molar-refractivity contribution >= 4 is 5.91 Å². The number of hydrogen-bond donors (Lipinski definition) is 2. The van der Waals surface area contributed by atoms with E-state index in [9.17, 15) is 9.90 Å². The Bertz CT molecular complexity index is 342. The first-order chi connectivity index (χ1) is 9.52. The zero-order valence-electron chi connectivity index (χ0n) is 12.9. The molecule has 2 N–H and O–H groups in total. The fraction of sp³-hybridized carbons (Fsp3) is 0.941. The highest BCUT2D eigenvalue weighted by molar-refractivity contribution is 5.83. The van der Waals surface area contributed by atoms with Crippen LogP contribution in [0, 0.1) is 29.1 Å². The summed E-state index contributed by atoms with van der Waals surface area (Å²) >= 11 is 0. The van der Waals surface area contributed by atoms with Crippen LogP contribution in [-0.4, -0.2) is 23.7 Å². The van der Waals surface area contributed by atoms with Gasteiger partial charge in [0, 0.05) is 18.1 Å². The van der Waals surface area contributed by atoms with Crippen LogP contribution in [0.1, 0.15) is 58.8 Å². The molecule has 4 aliphatic carbocycles. The average molecular weight is 279 g/mol. The molecule has 1 amide bonds. The van der Waals surface area contributed by atoms with E-state index in [1.54, 1.807) is 0 Å². The van der Waals surface area contributed by atoms with E-state index in [0.29, 0.717) is 18.2 Å². The van der Waals surface area contributed by atoms with Gasteiger partial charge in [0.05, 0.1) is 0 Å². The monoisotopic (exact) mass is 279 g/mol. The lowest BCUT2D eigenvalue weighted by Crippen LogP contribution is -2.55. The van der Waals surface area contributed by atoms with E-state index in [1.807, 2.05) is 0 Å². The highest BCUT2D eigenvalue weighted by Crippen LogP contribution is 2.60. The summed E-state index contributed by atoms with van der Waals surface area (Å²) in [6.45, 7) is 4.41. The van der Waals surface area contributed by atoms with Crippen molar-refractivity contribution in [2.24, 2.45) is 29.1 Å². The van der Waals surface area contributed by atoms with Crippen LogP contribution in [0.3, 0.4) is 0 Å². The molecule has 4 saturated carbocycles. The van der Waals surface area contributed by atoms with E-state index in [4.69, 9.17) is 0 Å². The van der Waals surface area contributed by atoms with Crippen LogP contribution in [0.25, 0.3) is 0 Å². The molecule has 3 heteroatoms. The van der Waals surface area contributed by atoms with Crippen molar-refractivity contribution in [1.82, 2.24) is 5.32 Å². The number of carbonyl (C=O) groups is 1. The van der Waals surface area contributed by atoms with Gasteiger partial charge in [-0.15, -0.1) is 0 Å². The van der Waals surface area contributed by atoms with Gasteiger partial charge in [-0.05, 0) is 68.6 Å². The van der Waals surface area contributed by atoms with Crippen molar-refractivity contribution in [3.05, 3.63) is 0 Å². The third kappa shape index (κ3) is 2.49. The molecule has 114 valence electrons. The maximum atomic E-state index is 12.9. The van der Waals surface area contributed by atoms with Gasteiger partial charge in [-0.1, -0.05) is 13.8 Å². The summed E-state index contributed by atoms with van der Waals surface area (Å²) in [6.07, 6.45) is 8.15. The molecule has 1 atom stereocenters. The first kappa shape index (κ1) is 14.4. The first-order valence-corrected chi connectivity index (χ1v) is 8.44. The maximum Gasteiger partial charge on any atom is 0.226 e. The molecule has 0 aliphatic heterocycles. The minimum absolute atomic E-state index is 0.0582. The summed E-state index contributed by atoms with van der Waals surface area (Å²) < 4.78 is 0. The second-order valence-electron chi connectivity index (χ2n) is 8.03. The van der Waals surface area contributed by atoms with Crippen molar-refractivity contribution < 1.29 is 9.90 Å². The number of aliphatic hydroxyl groups is 1. The van der Waals surface area contributed by atoms with Crippen LogP contribution < -0.4 is 5.32 Å². The van der Waals surface area contributed by atoms with Gasteiger partial charge in [0.1, 0.15) is 0 Å². The Balaban J connectivity index is 1.70. The van der Waals surface area contributed by atoms with E-state index < -0.39 is 0 Å². The molecule has 0 saturated heterocycles. The molecule has 0 radical (unpaired) electrons. The number of carbonyl (C=O) groups excluding carboxylic acids is 1. The van der Waals surface area contributed by atoms with E-state index >= 15 is 0 Å². The van der Waals surface area contributed by atoms with Crippen molar-refractivity contribution in [2.75, 3.05) is 6.61 Å². The fourth-order valence-electron chi connectivity index (χ4n) is 5.42. The van der Waals surface area contributed by atoms with Gasteiger partial charge in [0.2, 0.25) is 5.91 Å². The molecule has 4 fully saturated rings. The van der Waals surface area contributed by atoms with Crippen LogP contribution in [0.5, 0.6) is 0 Å². The van der Waals surface area contributed by atoms with E-state index in [0.717, 1.165) is 37.0 Å². The number of rotatable bonds is 5. The molecular weight excluding hydrogens is 250 g/mol. The minimum atomic E-state index is -0.0582. The molecule has 4 bridgehead atoms. The van der Waals surface area contributed by atoms with Gasteiger partial charge in [0.15, 0.2) is 0 Å². The van der Waals surface area contributed by atoms with Crippen LogP contribution in [0.2, 0.25) is 0 Å². The van der Waals surface area contributed by atoms with Gasteiger partial charge in [0.25, 0.3) is 0 Å². The molecular formula is C17H29NO2. The number of hydrogen-bond acceptors (Lipinski definition) is 2. The topological polar surface area (TPSA) is 49.3 Å². The van der Waals surface area contributed by atoms with Crippen LogP contribution in [-0.2, 0) is 4.79 Å². The van der Waals surface area contributed by atoms with Crippen LogP contribution in [0.4, 0.5) is 0 Å². The van der Waals surface area contributed by atoms with Gasteiger partial charge in [-0.2, -0.15) is 0 Å². The Hall–Kier alpha value is -0.570. The molecule has 0 aromatic carbocycles. The normalized spacial score (nSPS) is 40.1. The quantitative estimate of drug-likeness (QED) is 0.813. The van der Waals surface area contributed by atoms with Crippen LogP contribution >= 0.6 is 0 Å². The molecule has 0 aromatic rings. The molecule has 4 aliphatic rings. The third-order valence-corrected chi connectivity index (χ3v) is 6.08. The standard InChI is InChI=1S/C17H29NO2/c1-11(2)15(3-4-19)18-16(20)17-8-12-5-13(9-17)7-14(6-12)10-17/h11-15,19H,3-10H2,1-2H3,(H,18,20). The predicted octanol–water partition coefficient (Wildman–Crippen LogP) is 2.73.